The van der Waals surface area contributed by atoms with E-state index in [0.29, 0.717) is 16.3 Å². The largest absolute Gasteiger partial charge is 0.329 e. The standard InChI is InChI=1S/C17H16ClN3O2/c1-11-7-8-12(2)15(9-11)20-16(22)17(23)21-19-10-13-5-3-4-6-14(13)18/h3-10H,1-2H3,(H,20,22)(H,21,23)/b19-10+. The Morgan fingerprint density at radius 2 is 1.83 bits per heavy atom. The number of halogens is 1. The number of aryl methyl sites for hydroxylation is 2. The van der Waals surface area contributed by atoms with Crippen LogP contribution in [0.15, 0.2) is 47.6 Å². The van der Waals surface area contributed by atoms with Crippen LogP contribution in [0.25, 0.3) is 0 Å². The highest BCUT2D eigenvalue weighted by molar-refractivity contribution is 6.39. The van der Waals surface area contributed by atoms with Crippen molar-refractivity contribution < 1.29 is 9.59 Å². The van der Waals surface area contributed by atoms with Gasteiger partial charge >= 0.3 is 11.8 Å². The van der Waals surface area contributed by atoms with E-state index in [0.717, 1.165) is 11.1 Å². The molecule has 0 fully saturated rings. The zero-order valence-electron chi connectivity index (χ0n) is 12.8. The molecule has 0 atom stereocenters. The molecule has 2 amide bonds. The molecule has 0 bridgehead atoms. The molecule has 2 aromatic rings. The van der Waals surface area contributed by atoms with Crippen molar-refractivity contribution in [3.8, 4) is 0 Å². The fourth-order valence-corrected chi connectivity index (χ4v) is 2.03. The number of hydrazone groups is 1. The Hall–Kier alpha value is -2.66. The molecule has 5 nitrogen and oxygen atoms in total. The molecule has 0 unspecified atom stereocenters. The molecule has 0 saturated heterocycles. The summed E-state index contributed by atoms with van der Waals surface area (Å²) < 4.78 is 0. The lowest BCUT2D eigenvalue weighted by Gasteiger charge is -2.08. The van der Waals surface area contributed by atoms with Gasteiger partial charge in [0.15, 0.2) is 0 Å². The normalized spacial score (nSPS) is 10.6. The molecule has 0 spiro atoms. The summed E-state index contributed by atoms with van der Waals surface area (Å²) in [4.78, 5) is 23.6. The topological polar surface area (TPSA) is 70.6 Å². The van der Waals surface area contributed by atoms with Crippen molar-refractivity contribution in [1.82, 2.24) is 5.43 Å². The number of hydrogen-bond acceptors (Lipinski definition) is 3. The maximum absolute atomic E-state index is 11.9. The maximum atomic E-state index is 11.9. The van der Waals surface area contributed by atoms with Gasteiger partial charge in [-0.05, 0) is 37.1 Å². The van der Waals surface area contributed by atoms with E-state index in [1.54, 1.807) is 30.3 Å². The Labute approximate surface area is 139 Å². The molecule has 0 aliphatic heterocycles. The minimum absolute atomic E-state index is 0.505. The molecule has 0 aromatic heterocycles. The number of amides is 2. The molecule has 2 rings (SSSR count). The lowest BCUT2D eigenvalue weighted by molar-refractivity contribution is -0.136. The second-order valence-electron chi connectivity index (χ2n) is 4.99. The van der Waals surface area contributed by atoms with Crippen molar-refractivity contribution in [2.75, 3.05) is 5.32 Å². The summed E-state index contributed by atoms with van der Waals surface area (Å²) >= 11 is 5.96. The number of benzene rings is 2. The van der Waals surface area contributed by atoms with E-state index in [9.17, 15) is 9.59 Å². The smallest absolute Gasteiger partial charge is 0.317 e. The second-order valence-corrected chi connectivity index (χ2v) is 5.40. The zero-order valence-corrected chi connectivity index (χ0v) is 13.5. The fourth-order valence-electron chi connectivity index (χ4n) is 1.84. The quantitative estimate of drug-likeness (QED) is 0.516. The Balaban J connectivity index is 1.97. The summed E-state index contributed by atoms with van der Waals surface area (Å²) in [6, 6.07) is 12.6. The van der Waals surface area contributed by atoms with Gasteiger partial charge in [0.25, 0.3) is 0 Å². The third-order valence-corrected chi connectivity index (χ3v) is 3.47. The number of carbonyl (C=O) groups is 2. The van der Waals surface area contributed by atoms with Crippen LogP contribution in [0.2, 0.25) is 5.02 Å². The molecular weight excluding hydrogens is 314 g/mol. The van der Waals surface area contributed by atoms with Gasteiger partial charge in [0.2, 0.25) is 0 Å². The Morgan fingerprint density at radius 3 is 2.57 bits per heavy atom. The van der Waals surface area contributed by atoms with Crippen molar-refractivity contribution in [2.24, 2.45) is 5.10 Å². The first-order valence-electron chi connectivity index (χ1n) is 6.93. The molecule has 2 aromatic carbocycles. The Morgan fingerprint density at radius 1 is 1.09 bits per heavy atom. The van der Waals surface area contributed by atoms with Crippen molar-refractivity contribution >= 4 is 35.3 Å². The average molecular weight is 330 g/mol. The van der Waals surface area contributed by atoms with Crippen LogP contribution >= 0.6 is 11.6 Å². The van der Waals surface area contributed by atoms with Crippen LogP contribution in [0.3, 0.4) is 0 Å². The van der Waals surface area contributed by atoms with Crippen LogP contribution in [0.1, 0.15) is 16.7 Å². The van der Waals surface area contributed by atoms with E-state index >= 15 is 0 Å². The molecule has 6 heteroatoms. The van der Waals surface area contributed by atoms with E-state index in [4.69, 9.17) is 11.6 Å². The van der Waals surface area contributed by atoms with E-state index in [2.05, 4.69) is 15.8 Å². The summed E-state index contributed by atoms with van der Waals surface area (Å²) in [5, 5.41) is 6.80. The number of anilines is 1. The lowest BCUT2D eigenvalue weighted by atomic mass is 10.1. The van der Waals surface area contributed by atoms with E-state index < -0.39 is 11.8 Å². The fraction of sp³-hybridized carbons (Fsp3) is 0.118. The minimum Gasteiger partial charge on any atom is -0.317 e. The molecule has 2 N–H and O–H groups in total. The molecule has 0 heterocycles. The van der Waals surface area contributed by atoms with Crippen molar-refractivity contribution in [2.45, 2.75) is 13.8 Å². The molecule has 23 heavy (non-hydrogen) atoms. The van der Waals surface area contributed by atoms with Crippen LogP contribution in [0, 0.1) is 13.8 Å². The Bertz CT molecular complexity index is 772. The van der Waals surface area contributed by atoms with Gasteiger partial charge in [-0.25, -0.2) is 5.43 Å². The number of carbonyl (C=O) groups excluding carboxylic acids is 2. The van der Waals surface area contributed by atoms with Crippen molar-refractivity contribution in [3.05, 3.63) is 64.2 Å². The van der Waals surface area contributed by atoms with Gasteiger partial charge in [-0.15, -0.1) is 0 Å². The molecule has 0 saturated carbocycles. The predicted octanol–water partition coefficient (Wildman–Crippen LogP) is 3.05. The second kappa shape index (κ2) is 7.56. The highest BCUT2D eigenvalue weighted by atomic mass is 35.5. The lowest BCUT2D eigenvalue weighted by Crippen LogP contribution is -2.32. The third-order valence-electron chi connectivity index (χ3n) is 3.12. The van der Waals surface area contributed by atoms with Crippen LogP contribution < -0.4 is 10.7 Å². The van der Waals surface area contributed by atoms with Crippen molar-refractivity contribution in [1.29, 1.82) is 0 Å². The number of rotatable bonds is 3. The van der Waals surface area contributed by atoms with Gasteiger partial charge in [-0.2, -0.15) is 5.10 Å². The maximum Gasteiger partial charge on any atom is 0.329 e. The van der Waals surface area contributed by atoms with Gasteiger partial charge in [-0.3, -0.25) is 9.59 Å². The summed E-state index contributed by atoms with van der Waals surface area (Å²) in [6.45, 7) is 3.76. The van der Waals surface area contributed by atoms with E-state index in [-0.39, 0.29) is 0 Å². The van der Waals surface area contributed by atoms with E-state index in [1.807, 2.05) is 26.0 Å². The van der Waals surface area contributed by atoms with Gasteiger partial charge in [-0.1, -0.05) is 41.9 Å². The SMILES string of the molecule is Cc1ccc(C)c(NC(=O)C(=O)N/N=C/c2ccccc2Cl)c1. The molecule has 0 aliphatic rings. The van der Waals surface area contributed by atoms with Gasteiger partial charge in [0.05, 0.1) is 6.21 Å². The molecule has 118 valence electrons. The number of nitrogens with zero attached hydrogens (tertiary/aromatic N) is 1. The first-order chi connectivity index (χ1) is 11.0. The highest BCUT2D eigenvalue weighted by Gasteiger charge is 2.14. The molecule has 0 radical (unpaired) electrons. The third kappa shape index (κ3) is 4.66. The van der Waals surface area contributed by atoms with Crippen LogP contribution in [0.5, 0.6) is 0 Å². The van der Waals surface area contributed by atoms with Crippen LogP contribution in [0.4, 0.5) is 5.69 Å². The van der Waals surface area contributed by atoms with Crippen LogP contribution in [-0.4, -0.2) is 18.0 Å². The average Bonchev–Trinajstić information content (AvgIpc) is 2.52. The summed E-state index contributed by atoms with van der Waals surface area (Å²) in [5.74, 6) is -1.63. The minimum atomic E-state index is -0.853. The van der Waals surface area contributed by atoms with Gasteiger partial charge < -0.3 is 5.32 Å². The zero-order chi connectivity index (χ0) is 16.8. The highest BCUT2D eigenvalue weighted by Crippen LogP contribution is 2.16. The summed E-state index contributed by atoms with van der Waals surface area (Å²) in [7, 11) is 0. The summed E-state index contributed by atoms with van der Waals surface area (Å²) in [6.07, 6.45) is 1.38. The predicted molar refractivity (Wildman–Crippen MR) is 91.7 cm³/mol. The van der Waals surface area contributed by atoms with Crippen molar-refractivity contribution in [3.63, 3.8) is 0 Å². The Kier molecular flexibility index (Phi) is 5.49. The molecular formula is C17H16ClN3O2. The first-order valence-corrected chi connectivity index (χ1v) is 7.31. The first kappa shape index (κ1) is 16.7. The summed E-state index contributed by atoms with van der Waals surface area (Å²) in [5.41, 5.74) is 5.27. The van der Waals surface area contributed by atoms with E-state index in [1.165, 1.54) is 6.21 Å². The van der Waals surface area contributed by atoms with Crippen LogP contribution in [-0.2, 0) is 9.59 Å². The monoisotopic (exact) mass is 329 g/mol. The van der Waals surface area contributed by atoms with Gasteiger partial charge in [0.1, 0.15) is 0 Å². The van der Waals surface area contributed by atoms with Gasteiger partial charge in [0, 0.05) is 16.3 Å². The number of hydrogen-bond donors (Lipinski definition) is 2. The molecule has 0 aliphatic carbocycles. The number of nitrogens with one attached hydrogen (secondary N) is 2.